The molecule has 6 heteroatoms. The number of rotatable bonds is 6. The second-order valence-corrected chi connectivity index (χ2v) is 6.68. The standard InChI is InChI=1S/C21H16ClFN2OS/c22-18-7-3-2-6-17(18)20(26)19(25-12-4-1-5-13-25)21(27)24-14-15-8-10-16(23)11-9-15/h1-13,19H,14H2/t19-/m1/s1. The molecule has 0 aliphatic carbocycles. The Morgan fingerprint density at radius 1 is 1.04 bits per heavy atom. The highest BCUT2D eigenvalue weighted by Gasteiger charge is 2.29. The van der Waals surface area contributed by atoms with E-state index < -0.39 is 6.04 Å². The monoisotopic (exact) mass is 398 g/mol. The molecule has 1 heterocycles. The summed E-state index contributed by atoms with van der Waals surface area (Å²) in [7, 11) is 0. The van der Waals surface area contributed by atoms with Gasteiger partial charge < -0.3 is 17.6 Å². The molecule has 2 aromatic carbocycles. The summed E-state index contributed by atoms with van der Waals surface area (Å²) in [6.45, 7) is 0.263. The van der Waals surface area contributed by atoms with Crippen LogP contribution in [-0.2, 0) is 19.2 Å². The van der Waals surface area contributed by atoms with Crippen LogP contribution < -0.4 is 4.57 Å². The lowest BCUT2D eigenvalue weighted by Crippen LogP contribution is -2.47. The van der Waals surface area contributed by atoms with Gasteiger partial charge in [0.15, 0.2) is 12.4 Å². The Labute approximate surface area is 167 Å². The summed E-state index contributed by atoms with van der Waals surface area (Å²) < 4.78 is 14.8. The van der Waals surface area contributed by atoms with Crippen LogP contribution in [-0.4, -0.2) is 10.8 Å². The number of hydrogen-bond acceptors (Lipinski definition) is 3. The van der Waals surface area contributed by atoms with E-state index in [1.165, 1.54) is 12.1 Å². The average molecular weight is 399 g/mol. The van der Waals surface area contributed by atoms with E-state index in [9.17, 15) is 9.18 Å². The Hall–Kier alpha value is -2.63. The summed E-state index contributed by atoms with van der Waals surface area (Å²) in [6.07, 6.45) is 3.53. The summed E-state index contributed by atoms with van der Waals surface area (Å²) in [5, 5.41) is 0.603. The van der Waals surface area contributed by atoms with E-state index in [0.29, 0.717) is 10.6 Å². The number of carbonyl (C=O) groups is 1. The third-order valence-corrected chi connectivity index (χ3v) is 4.67. The Morgan fingerprint density at radius 3 is 2.37 bits per heavy atom. The van der Waals surface area contributed by atoms with Crippen LogP contribution in [0.4, 0.5) is 4.39 Å². The molecule has 0 saturated heterocycles. The lowest BCUT2D eigenvalue weighted by Gasteiger charge is -2.19. The molecule has 0 N–H and O–H groups in total. The molecule has 0 amide bonds. The van der Waals surface area contributed by atoms with Crippen LogP contribution in [0.25, 0.3) is 0 Å². The number of pyridine rings is 1. The molecule has 0 aliphatic heterocycles. The van der Waals surface area contributed by atoms with Crippen LogP contribution in [0.1, 0.15) is 22.0 Å². The molecule has 27 heavy (non-hydrogen) atoms. The van der Waals surface area contributed by atoms with Gasteiger partial charge in [-0.05, 0) is 34.9 Å². The van der Waals surface area contributed by atoms with Crippen molar-refractivity contribution in [3.8, 4) is 0 Å². The molecule has 0 spiro atoms. The van der Waals surface area contributed by atoms with Crippen LogP contribution in [0.3, 0.4) is 0 Å². The van der Waals surface area contributed by atoms with Gasteiger partial charge in [-0.3, -0.25) is 4.79 Å². The van der Waals surface area contributed by atoms with Gasteiger partial charge in [0.2, 0.25) is 11.8 Å². The molecule has 136 valence electrons. The largest absolute Gasteiger partial charge is 0.758 e. The first kappa shape index (κ1) is 19.1. The van der Waals surface area contributed by atoms with Crippen LogP contribution in [0, 0.1) is 5.82 Å². The van der Waals surface area contributed by atoms with E-state index in [1.807, 2.05) is 18.2 Å². The van der Waals surface area contributed by atoms with Crippen molar-refractivity contribution in [2.24, 2.45) is 4.99 Å². The summed E-state index contributed by atoms with van der Waals surface area (Å²) in [6, 6.07) is 17.6. The Balaban J connectivity index is 1.94. The van der Waals surface area contributed by atoms with Gasteiger partial charge in [-0.15, -0.1) is 0 Å². The van der Waals surface area contributed by atoms with Gasteiger partial charge in [0, 0.05) is 17.7 Å². The maximum atomic E-state index is 13.2. The summed E-state index contributed by atoms with van der Waals surface area (Å²) in [5.41, 5.74) is 1.20. The van der Waals surface area contributed by atoms with Gasteiger partial charge in [-0.1, -0.05) is 41.9 Å². The molecular formula is C21H16ClFN2OS. The Morgan fingerprint density at radius 2 is 1.70 bits per heavy atom. The topological polar surface area (TPSA) is 33.3 Å². The summed E-state index contributed by atoms with van der Waals surface area (Å²) >= 11 is 11.7. The second kappa shape index (κ2) is 8.84. The minimum atomic E-state index is -0.790. The predicted molar refractivity (Wildman–Crippen MR) is 106 cm³/mol. The van der Waals surface area contributed by atoms with Crippen molar-refractivity contribution in [3.63, 3.8) is 0 Å². The molecule has 0 bridgehead atoms. The molecular weight excluding hydrogens is 383 g/mol. The number of carbonyl (C=O) groups excluding carboxylic acids is 1. The molecule has 0 radical (unpaired) electrons. The van der Waals surface area contributed by atoms with E-state index in [0.717, 1.165) is 5.56 Å². The zero-order valence-corrected chi connectivity index (χ0v) is 15.8. The second-order valence-electron chi connectivity index (χ2n) is 5.85. The third-order valence-electron chi connectivity index (χ3n) is 3.99. The first-order valence-electron chi connectivity index (χ1n) is 8.26. The fourth-order valence-corrected chi connectivity index (χ4v) is 3.14. The highest BCUT2D eigenvalue weighted by molar-refractivity contribution is 7.77. The first-order valence-corrected chi connectivity index (χ1v) is 9.05. The van der Waals surface area contributed by atoms with E-state index >= 15 is 0 Å². The number of ketones is 1. The number of hydrogen-bond donors (Lipinski definition) is 0. The number of nitrogens with zero attached hydrogens (tertiary/aromatic N) is 2. The molecule has 3 rings (SSSR count). The highest BCUT2D eigenvalue weighted by Crippen LogP contribution is 2.20. The highest BCUT2D eigenvalue weighted by atomic mass is 35.5. The smallest absolute Gasteiger partial charge is 0.237 e. The number of aromatic nitrogens is 1. The van der Waals surface area contributed by atoms with Crippen molar-refractivity contribution >= 4 is 35.1 Å². The van der Waals surface area contributed by atoms with Gasteiger partial charge in [0.25, 0.3) is 0 Å². The van der Waals surface area contributed by atoms with Crippen molar-refractivity contribution < 1.29 is 13.8 Å². The Bertz CT molecular complexity index is 961. The third kappa shape index (κ3) is 4.76. The number of Topliss-reactive ketones (excluding diaryl/α,β-unsaturated/α-hetero) is 1. The van der Waals surface area contributed by atoms with Crippen LogP contribution in [0.5, 0.6) is 0 Å². The van der Waals surface area contributed by atoms with Crippen LogP contribution >= 0.6 is 11.6 Å². The van der Waals surface area contributed by atoms with Gasteiger partial charge in [-0.2, -0.15) is 4.57 Å². The molecule has 0 aliphatic rings. The SMILES string of the molecule is O=C(c1ccccc1Cl)[C@H](C([S-])=NCc1ccc(F)cc1)[n+]1ccccc1. The van der Waals surface area contributed by atoms with Crippen molar-refractivity contribution in [2.75, 3.05) is 0 Å². The van der Waals surface area contributed by atoms with Crippen LogP contribution in [0.15, 0.2) is 84.1 Å². The normalized spacial score (nSPS) is 12.6. The minimum Gasteiger partial charge on any atom is -0.758 e. The average Bonchev–Trinajstić information content (AvgIpc) is 2.69. The van der Waals surface area contributed by atoms with Gasteiger partial charge >= 0.3 is 0 Å². The quantitative estimate of drug-likeness (QED) is 0.203. The molecule has 3 nitrogen and oxygen atoms in total. The van der Waals surface area contributed by atoms with Crippen molar-refractivity contribution in [3.05, 3.63) is 101 Å². The van der Waals surface area contributed by atoms with Gasteiger partial charge in [-0.25, -0.2) is 4.39 Å². The molecule has 1 aromatic heterocycles. The zero-order valence-electron chi connectivity index (χ0n) is 14.3. The fourth-order valence-electron chi connectivity index (χ4n) is 2.61. The Kier molecular flexibility index (Phi) is 6.27. The number of aliphatic imine (C=N–C) groups is 1. The molecule has 3 aromatic rings. The van der Waals surface area contributed by atoms with Crippen molar-refractivity contribution in [1.82, 2.24) is 0 Å². The number of benzene rings is 2. The minimum absolute atomic E-state index is 0.232. The lowest BCUT2D eigenvalue weighted by molar-refractivity contribution is -0.691. The van der Waals surface area contributed by atoms with Crippen molar-refractivity contribution in [1.29, 1.82) is 0 Å². The van der Waals surface area contributed by atoms with Gasteiger partial charge in [0.05, 0.1) is 11.6 Å². The van der Waals surface area contributed by atoms with Crippen molar-refractivity contribution in [2.45, 2.75) is 12.6 Å². The molecule has 1 atom stereocenters. The van der Waals surface area contributed by atoms with E-state index in [4.69, 9.17) is 24.2 Å². The number of halogens is 2. The summed E-state index contributed by atoms with van der Waals surface area (Å²) in [5.74, 6) is -0.544. The van der Waals surface area contributed by atoms with Gasteiger partial charge in [0.1, 0.15) is 5.82 Å². The van der Waals surface area contributed by atoms with E-state index in [-0.39, 0.29) is 23.2 Å². The molecule has 0 unspecified atom stereocenters. The maximum Gasteiger partial charge on any atom is 0.237 e. The molecule has 0 fully saturated rings. The molecule has 0 saturated carbocycles. The maximum absolute atomic E-state index is 13.2. The zero-order chi connectivity index (χ0) is 19.2. The first-order chi connectivity index (χ1) is 13.1. The lowest BCUT2D eigenvalue weighted by atomic mass is 10.0. The van der Waals surface area contributed by atoms with E-state index in [2.05, 4.69) is 4.99 Å². The fraction of sp³-hybridized carbons (Fsp3) is 0.0952. The van der Waals surface area contributed by atoms with E-state index in [1.54, 1.807) is 53.4 Å². The predicted octanol–water partition coefficient (Wildman–Crippen LogP) is 4.34. The summed E-state index contributed by atoms with van der Waals surface area (Å²) in [4.78, 5) is 17.6. The van der Waals surface area contributed by atoms with Crippen LogP contribution in [0.2, 0.25) is 5.02 Å².